The van der Waals surface area contributed by atoms with Crippen molar-refractivity contribution in [3.8, 4) is 11.5 Å². The van der Waals surface area contributed by atoms with Crippen molar-refractivity contribution in [1.29, 1.82) is 0 Å². The quantitative estimate of drug-likeness (QED) is 0.661. The van der Waals surface area contributed by atoms with Crippen LogP contribution < -0.4 is 20.5 Å². The van der Waals surface area contributed by atoms with E-state index in [4.69, 9.17) is 15.2 Å². The van der Waals surface area contributed by atoms with Gasteiger partial charge in [-0.25, -0.2) is 0 Å². The molecule has 0 saturated heterocycles. The zero-order chi connectivity index (χ0) is 15.7. The van der Waals surface area contributed by atoms with E-state index >= 15 is 0 Å². The van der Waals surface area contributed by atoms with Crippen LogP contribution in [0.3, 0.4) is 0 Å². The van der Waals surface area contributed by atoms with Crippen molar-refractivity contribution in [3.63, 3.8) is 0 Å². The van der Waals surface area contributed by atoms with Gasteiger partial charge in [0.2, 0.25) is 0 Å². The highest BCUT2D eigenvalue weighted by Gasteiger charge is 2.36. The van der Waals surface area contributed by atoms with Gasteiger partial charge in [0.15, 0.2) is 17.5 Å². The van der Waals surface area contributed by atoms with Crippen LogP contribution in [0.4, 0.5) is 0 Å². The van der Waals surface area contributed by atoms with Crippen molar-refractivity contribution in [3.05, 3.63) is 23.8 Å². The fourth-order valence-electron chi connectivity index (χ4n) is 3.68. The van der Waals surface area contributed by atoms with Crippen LogP contribution in [0, 0.1) is 0 Å². The summed E-state index contributed by atoms with van der Waals surface area (Å²) in [5, 5.41) is 3.28. The molecule has 0 spiro atoms. The average molecular weight is 315 g/mol. The number of fused-ring (bicyclic) bond motifs is 1. The van der Waals surface area contributed by atoms with E-state index < -0.39 is 0 Å². The summed E-state index contributed by atoms with van der Waals surface area (Å²) in [4.78, 5) is 4.66. The van der Waals surface area contributed by atoms with Crippen molar-refractivity contribution in [1.82, 2.24) is 5.32 Å². The third-order valence-corrected chi connectivity index (χ3v) is 5.20. The fraction of sp³-hybridized carbons (Fsp3) is 0.611. The van der Waals surface area contributed by atoms with Gasteiger partial charge in [-0.3, -0.25) is 4.99 Å². The number of benzene rings is 1. The molecule has 2 aliphatic carbocycles. The van der Waals surface area contributed by atoms with Gasteiger partial charge in [0, 0.05) is 11.5 Å². The third-order valence-electron chi connectivity index (χ3n) is 5.20. The summed E-state index contributed by atoms with van der Waals surface area (Å²) in [5.74, 6) is 2.32. The van der Waals surface area contributed by atoms with Crippen molar-refractivity contribution >= 4 is 5.96 Å². The number of hydrogen-bond acceptors (Lipinski definition) is 3. The lowest BCUT2D eigenvalue weighted by molar-refractivity contribution is 0.171. The van der Waals surface area contributed by atoms with Gasteiger partial charge in [-0.2, -0.15) is 0 Å². The zero-order valence-corrected chi connectivity index (χ0v) is 13.5. The Morgan fingerprint density at radius 2 is 1.91 bits per heavy atom. The second-order valence-corrected chi connectivity index (χ2v) is 6.97. The highest BCUT2D eigenvalue weighted by molar-refractivity contribution is 5.78. The molecule has 0 bridgehead atoms. The molecule has 23 heavy (non-hydrogen) atoms. The van der Waals surface area contributed by atoms with Gasteiger partial charge in [0.05, 0.1) is 6.54 Å². The van der Waals surface area contributed by atoms with E-state index in [-0.39, 0.29) is 5.41 Å². The van der Waals surface area contributed by atoms with E-state index in [2.05, 4.69) is 22.4 Å². The van der Waals surface area contributed by atoms with Crippen molar-refractivity contribution in [2.24, 2.45) is 10.7 Å². The molecule has 0 amide bonds. The summed E-state index contributed by atoms with van der Waals surface area (Å²) in [7, 11) is 0. The van der Waals surface area contributed by atoms with Crippen LogP contribution in [0.1, 0.15) is 44.1 Å². The second kappa shape index (κ2) is 5.95. The molecule has 1 aliphatic heterocycles. The highest BCUT2D eigenvalue weighted by atomic mass is 16.6. The number of guanidine groups is 1. The molecule has 1 aromatic carbocycles. The van der Waals surface area contributed by atoms with Crippen LogP contribution in [0.15, 0.2) is 23.2 Å². The van der Waals surface area contributed by atoms with E-state index in [1.54, 1.807) is 0 Å². The maximum Gasteiger partial charge on any atom is 0.188 e. The Hall–Kier alpha value is -1.91. The molecule has 3 N–H and O–H groups in total. The van der Waals surface area contributed by atoms with Crippen LogP contribution in [0.2, 0.25) is 0 Å². The Morgan fingerprint density at radius 3 is 2.65 bits per heavy atom. The topological polar surface area (TPSA) is 68.9 Å². The van der Waals surface area contributed by atoms with Crippen LogP contribution in [0.5, 0.6) is 11.5 Å². The van der Waals surface area contributed by atoms with Gasteiger partial charge in [-0.05, 0) is 43.4 Å². The molecule has 0 atom stereocenters. The number of rotatable bonds is 4. The van der Waals surface area contributed by atoms with Crippen LogP contribution >= 0.6 is 0 Å². The minimum atomic E-state index is 0.0890. The maximum absolute atomic E-state index is 6.03. The van der Waals surface area contributed by atoms with Gasteiger partial charge in [0.25, 0.3) is 0 Å². The smallest absolute Gasteiger partial charge is 0.188 e. The van der Waals surface area contributed by atoms with Crippen molar-refractivity contribution < 1.29 is 9.47 Å². The summed E-state index contributed by atoms with van der Waals surface area (Å²) in [6.07, 6.45) is 7.24. The third kappa shape index (κ3) is 3.09. The first kappa shape index (κ1) is 14.7. The van der Waals surface area contributed by atoms with Crippen LogP contribution in [-0.4, -0.2) is 31.8 Å². The molecule has 0 aromatic heterocycles. The van der Waals surface area contributed by atoms with Crippen molar-refractivity contribution in [2.45, 2.75) is 50.0 Å². The fourth-order valence-corrected chi connectivity index (χ4v) is 3.68. The van der Waals surface area contributed by atoms with E-state index in [0.717, 1.165) is 30.9 Å². The summed E-state index contributed by atoms with van der Waals surface area (Å²) in [6.45, 7) is 2.00. The molecule has 3 aliphatic rings. The summed E-state index contributed by atoms with van der Waals surface area (Å²) < 4.78 is 11.4. The molecular formula is C18H25N3O2. The molecule has 124 valence electrons. The lowest BCUT2D eigenvalue weighted by Crippen LogP contribution is -2.35. The first-order chi connectivity index (χ1) is 11.3. The van der Waals surface area contributed by atoms with E-state index in [9.17, 15) is 0 Å². The molecular weight excluding hydrogens is 290 g/mol. The van der Waals surface area contributed by atoms with Gasteiger partial charge in [0.1, 0.15) is 13.2 Å². The van der Waals surface area contributed by atoms with Crippen molar-refractivity contribution in [2.75, 3.05) is 19.8 Å². The molecule has 1 aromatic rings. The Kier molecular flexibility index (Phi) is 3.79. The average Bonchev–Trinajstić information content (AvgIpc) is 3.26. The highest BCUT2D eigenvalue weighted by Crippen LogP contribution is 2.44. The Balaban J connectivity index is 1.56. The number of ether oxygens (including phenoxy) is 2. The maximum atomic E-state index is 6.03. The normalized spacial score (nSPS) is 22.9. The SMILES string of the molecule is NC(=NCC1(c2ccc3c(c2)OCCO3)CCCC1)NC1CC1. The molecule has 5 heteroatoms. The van der Waals surface area contributed by atoms with E-state index in [1.165, 1.54) is 31.2 Å². The summed E-state index contributed by atoms with van der Waals surface area (Å²) >= 11 is 0. The van der Waals surface area contributed by atoms with Gasteiger partial charge in [-0.1, -0.05) is 18.9 Å². The first-order valence-corrected chi connectivity index (χ1v) is 8.72. The largest absolute Gasteiger partial charge is 0.486 e. The monoisotopic (exact) mass is 315 g/mol. The standard InChI is InChI=1S/C18H25N3O2/c19-17(21-14-4-5-14)20-12-18(7-1-2-8-18)13-3-6-15-16(11-13)23-10-9-22-15/h3,6,11,14H,1-2,4-5,7-10,12H2,(H3,19,20,21). The number of nitrogens with two attached hydrogens (primary N) is 1. The Labute approximate surface area is 137 Å². The minimum absolute atomic E-state index is 0.0890. The second-order valence-electron chi connectivity index (χ2n) is 6.97. The van der Waals surface area contributed by atoms with Crippen LogP contribution in [-0.2, 0) is 5.41 Å². The lowest BCUT2D eigenvalue weighted by Gasteiger charge is -2.29. The lowest BCUT2D eigenvalue weighted by atomic mass is 9.79. The van der Waals surface area contributed by atoms with E-state index in [1.807, 2.05) is 6.07 Å². The Bertz CT molecular complexity index is 604. The van der Waals surface area contributed by atoms with E-state index in [0.29, 0.717) is 25.2 Å². The molecule has 1 heterocycles. The zero-order valence-electron chi connectivity index (χ0n) is 13.5. The molecule has 4 rings (SSSR count). The summed E-state index contributed by atoms with van der Waals surface area (Å²) in [5.41, 5.74) is 7.43. The minimum Gasteiger partial charge on any atom is -0.486 e. The molecule has 0 unspecified atom stereocenters. The number of hydrogen-bond donors (Lipinski definition) is 2. The molecule has 2 fully saturated rings. The van der Waals surface area contributed by atoms with Gasteiger partial charge >= 0.3 is 0 Å². The molecule has 0 radical (unpaired) electrons. The first-order valence-electron chi connectivity index (χ1n) is 8.72. The molecule has 5 nitrogen and oxygen atoms in total. The van der Waals surface area contributed by atoms with Gasteiger partial charge < -0.3 is 20.5 Å². The predicted octanol–water partition coefficient (Wildman–Crippen LogP) is 2.34. The number of nitrogens with zero attached hydrogens (tertiary/aromatic N) is 1. The summed E-state index contributed by atoms with van der Waals surface area (Å²) in [6, 6.07) is 6.92. The number of nitrogens with one attached hydrogen (secondary N) is 1. The number of aliphatic imine (C=N–C) groups is 1. The van der Waals surface area contributed by atoms with Crippen LogP contribution in [0.25, 0.3) is 0 Å². The molecule has 2 saturated carbocycles. The predicted molar refractivity (Wildman–Crippen MR) is 90.2 cm³/mol. The Morgan fingerprint density at radius 1 is 1.17 bits per heavy atom. The van der Waals surface area contributed by atoms with Gasteiger partial charge in [-0.15, -0.1) is 0 Å².